The van der Waals surface area contributed by atoms with E-state index in [-0.39, 0.29) is 16.4 Å². The van der Waals surface area contributed by atoms with Crippen LogP contribution in [0.4, 0.5) is 0 Å². The Morgan fingerprint density at radius 1 is 1.08 bits per heavy atom. The van der Waals surface area contributed by atoms with Gasteiger partial charge in [-0.3, -0.25) is 0 Å². The maximum absolute atomic E-state index is 12.3. The third-order valence-electron chi connectivity index (χ3n) is 4.23. The quantitative estimate of drug-likeness (QED) is 0.370. The first-order valence-electron chi connectivity index (χ1n) is 7.98. The molecule has 24 heavy (non-hydrogen) atoms. The molecule has 1 aliphatic carbocycles. The second kappa shape index (κ2) is 5.81. The van der Waals surface area contributed by atoms with Gasteiger partial charge < -0.3 is 4.74 Å². The van der Waals surface area contributed by atoms with Crippen LogP contribution < -0.4 is 0 Å². The van der Waals surface area contributed by atoms with Crippen LogP contribution in [0.15, 0.2) is 60.0 Å². The van der Waals surface area contributed by atoms with Gasteiger partial charge in [0.1, 0.15) is 5.38 Å². The highest BCUT2D eigenvalue weighted by molar-refractivity contribution is 7.43. The molecule has 4 rings (SSSR count). The minimum Gasteiger partial charge on any atom is -0.442 e. The fraction of sp³-hybridized carbons (Fsp3) is 0.190. The maximum Gasteiger partial charge on any atom is 0.339 e. The molecule has 0 radical (unpaired) electrons. The number of carbonyl (C=O) groups is 1. The summed E-state index contributed by atoms with van der Waals surface area (Å²) >= 11 is 0. The van der Waals surface area contributed by atoms with E-state index in [1.54, 1.807) is 6.92 Å². The zero-order valence-electron chi connectivity index (χ0n) is 13.4. The first-order valence-corrected chi connectivity index (χ1v) is 9.27. The summed E-state index contributed by atoms with van der Waals surface area (Å²) in [7, 11) is -0.0519. The van der Waals surface area contributed by atoms with Gasteiger partial charge in [-0.1, -0.05) is 18.1 Å². The Morgan fingerprint density at radius 2 is 1.83 bits per heavy atom. The topological polar surface area (TPSA) is 26.3 Å². The summed E-state index contributed by atoms with van der Waals surface area (Å²) in [5.74, 6) is 5.56. The molecule has 1 atom stereocenters. The van der Waals surface area contributed by atoms with Crippen molar-refractivity contribution >= 4 is 26.5 Å². The van der Waals surface area contributed by atoms with Gasteiger partial charge >= 0.3 is 5.97 Å². The first-order chi connectivity index (χ1) is 11.7. The average Bonchev–Trinajstić information content (AvgIpc) is 3.22. The summed E-state index contributed by atoms with van der Waals surface area (Å²) in [6.45, 7) is 1.77. The summed E-state index contributed by atoms with van der Waals surface area (Å²) in [4.78, 5) is 13.5. The SMILES string of the molecule is CC#CC1(OC(=O)c2ccc(-[s+]3ccc4ccccc43)cc2)CC1. The van der Waals surface area contributed by atoms with Gasteiger partial charge in [0.25, 0.3) is 0 Å². The second-order valence-electron chi connectivity index (χ2n) is 5.96. The molecule has 0 N–H and O–H groups in total. The lowest BCUT2D eigenvalue weighted by Crippen LogP contribution is -2.17. The molecule has 0 amide bonds. The van der Waals surface area contributed by atoms with Crippen LogP contribution in [0.1, 0.15) is 30.1 Å². The Hall–Kier alpha value is -2.57. The third-order valence-corrected chi connectivity index (χ3v) is 6.26. The minimum atomic E-state index is -0.528. The molecule has 1 fully saturated rings. The number of hydrogen-bond acceptors (Lipinski definition) is 2. The smallest absolute Gasteiger partial charge is 0.339 e. The molecule has 0 saturated heterocycles. The van der Waals surface area contributed by atoms with E-state index in [1.165, 1.54) is 15.0 Å². The number of hydrogen-bond donors (Lipinski definition) is 0. The van der Waals surface area contributed by atoms with Gasteiger partial charge in [0.2, 0.25) is 0 Å². The summed E-state index contributed by atoms with van der Waals surface area (Å²) in [6.07, 6.45) is 1.67. The molecule has 0 spiro atoms. The lowest BCUT2D eigenvalue weighted by molar-refractivity contribution is 0.0361. The van der Waals surface area contributed by atoms with Crippen LogP contribution in [-0.4, -0.2) is 11.6 Å². The number of fused-ring (bicyclic) bond motifs is 1. The summed E-state index contributed by atoms with van der Waals surface area (Å²) in [5, 5.41) is 3.51. The molecule has 1 saturated carbocycles. The maximum atomic E-state index is 12.3. The van der Waals surface area contributed by atoms with Crippen molar-refractivity contribution in [2.24, 2.45) is 0 Å². The summed E-state index contributed by atoms with van der Waals surface area (Å²) in [6, 6.07) is 18.4. The molecular weight excluding hydrogens is 316 g/mol. The van der Waals surface area contributed by atoms with Crippen molar-refractivity contribution in [2.75, 3.05) is 0 Å². The summed E-state index contributed by atoms with van der Waals surface area (Å²) in [5.41, 5.74) is 0.0577. The highest BCUT2D eigenvalue weighted by Gasteiger charge is 2.45. The molecule has 3 heteroatoms. The third kappa shape index (κ3) is 2.70. The van der Waals surface area contributed by atoms with Crippen molar-refractivity contribution in [2.45, 2.75) is 25.4 Å². The fourth-order valence-electron chi connectivity index (χ4n) is 2.81. The highest BCUT2D eigenvalue weighted by Crippen LogP contribution is 2.41. The zero-order valence-corrected chi connectivity index (χ0v) is 14.2. The fourth-order valence-corrected chi connectivity index (χ4v) is 4.69. The Labute approximate surface area is 144 Å². The van der Waals surface area contributed by atoms with Crippen molar-refractivity contribution in [1.82, 2.24) is 0 Å². The van der Waals surface area contributed by atoms with Crippen molar-refractivity contribution in [1.29, 1.82) is 0 Å². The van der Waals surface area contributed by atoms with E-state index in [0.717, 1.165) is 12.8 Å². The van der Waals surface area contributed by atoms with E-state index in [0.29, 0.717) is 5.56 Å². The van der Waals surface area contributed by atoms with E-state index in [1.807, 2.05) is 24.3 Å². The Morgan fingerprint density at radius 3 is 2.54 bits per heavy atom. The Balaban J connectivity index is 1.58. The molecular formula is C21H17O2S+. The molecule has 1 aromatic heterocycles. The predicted molar refractivity (Wildman–Crippen MR) is 98.6 cm³/mol. The van der Waals surface area contributed by atoms with Crippen LogP contribution in [0, 0.1) is 11.8 Å². The van der Waals surface area contributed by atoms with Crippen molar-refractivity contribution in [3.8, 4) is 16.7 Å². The van der Waals surface area contributed by atoms with Crippen LogP contribution in [0.3, 0.4) is 0 Å². The van der Waals surface area contributed by atoms with Gasteiger partial charge in [-0.05, 0) is 43.3 Å². The number of carbonyl (C=O) groups excluding carboxylic acids is 1. The van der Waals surface area contributed by atoms with Gasteiger partial charge in [0, 0.05) is 34.8 Å². The van der Waals surface area contributed by atoms with E-state index >= 15 is 0 Å². The zero-order chi connectivity index (χ0) is 16.6. The monoisotopic (exact) mass is 333 g/mol. The van der Waals surface area contributed by atoms with Crippen molar-refractivity contribution < 1.29 is 9.53 Å². The number of benzene rings is 2. The number of rotatable bonds is 3. The predicted octanol–water partition coefficient (Wildman–Crippen LogP) is 5.29. The van der Waals surface area contributed by atoms with Gasteiger partial charge in [-0.2, -0.15) is 0 Å². The van der Waals surface area contributed by atoms with E-state index in [4.69, 9.17) is 4.74 Å². The van der Waals surface area contributed by atoms with Gasteiger partial charge in [0.05, 0.1) is 5.56 Å². The highest BCUT2D eigenvalue weighted by atomic mass is 32.2. The second-order valence-corrected chi connectivity index (χ2v) is 7.82. The molecule has 0 aliphatic heterocycles. The molecule has 2 nitrogen and oxygen atoms in total. The number of thiophene rings is 1. The Kier molecular flexibility index (Phi) is 3.63. The first kappa shape index (κ1) is 15.0. The normalized spacial score (nSPS) is 15.5. The Bertz CT molecular complexity index is 966. The van der Waals surface area contributed by atoms with E-state index in [9.17, 15) is 4.79 Å². The molecule has 0 bridgehead atoms. The molecule has 1 unspecified atom stereocenters. The van der Waals surface area contributed by atoms with Crippen LogP contribution in [0.5, 0.6) is 0 Å². The average molecular weight is 333 g/mol. The van der Waals surface area contributed by atoms with E-state index in [2.05, 4.69) is 47.6 Å². The van der Waals surface area contributed by atoms with Gasteiger partial charge in [0.15, 0.2) is 15.2 Å². The number of ether oxygens (including phenoxy) is 1. The molecule has 2 aromatic carbocycles. The molecule has 1 heterocycles. The van der Waals surface area contributed by atoms with Crippen LogP contribution in [0.25, 0.3) is 15.0 Å². The standard InChI is InChI=1S/C21H17O2S/c1-2-12-21(13-14-21)23-20(22)17-7-9-18(10-8-17)24-15-11-16-5-3-4-6-19(16)24/h3-11,15H,13-14H2,1H3/q+1. The minimum absolute atomic E-state index is 0.0519. The van der Waals surface area contributed by atoms with Crippen molar-refractivity contribution in [3.05, 3.63) is 65.5 Å². The van der Waals surface area contributed by atoms with Crippen LogP contribution in [-0.2, 0) is 4.74 Å². The van der Waals surface area contributed by atoms with Crippen LogP contribution >= 0.6 is 10.5 Å². The lowest BCUT2D eigenvalue weighted by Gasteiger charge is -2.10. The summed E-state index contributed by atoms with van der Waals surface area (Å²) < 4.78 is 6.91. The molecule has 118 valence electrons. The molecule has 1 aliphatic rings. The van der Waals surface area contributed by atoms with Gasteiger partial charge in [-0.25, -0.2) is 4.79 Å². The van der Waals surface area contributed by atoms with E-state index < -0.39 is 5.60 Å². The van der Waals surface area contributed by atoms with Crippen molar-refractivity contribution in [3.63, 3.8) is 0 Å². The van der Waals surface area contributed by atoms with Crippen LogP contribution in [0.2, 0.25) is 0 Å². The molecule has 3 aromatic rings. The van der Waals surface area contributed by atoms with Gasteiger partial charge in [-0.15, -0.1) is 5.92 Å². The number of esters is 1. The largest absolute Gasteiger partial charge is 0.442 e. The lowest BCUT2D eigenvalue weighted by atomic mass is 10.2.